The lowest BCUT2D eigenvalue weighted by atomic mass is 9.93. The number of rotatable bonds is 4. The van der Waals surface area contributed by atoms with E-state index in [1.54, 1.807) is 0 Å². The van der Waals surface area contributed by atoms with Crippen LogP contribution in [0.2, 0.25) is 0 Å². The van der Waals surface area contributed by atoms with Gasteiger partial charge in [-0.25, -0.2) is 9.97 Å². The molecule has 3 heterocycles. The van der Waals surface area contributed by atoms with E-state index < -0.39 is 0 Å². The third-order valence-corrected chi connectivity index (χ3v) is 10.3. The smallest absolute Gasteiger partial charge is 0.160 e. The minimum Gasteiger partial charge on any atom is -0.265 e. The minimum absolute atomic E-state index is 0.664. The molecule has 0 fully saturated rings. The maximum atomic E-state index is 5.26. The van der Waals surface area contributed by atoms with Crippen LogP contribution in [0.4, 0.5) is 0 Å². The standard InChI is InChI=1S/C50H32N4/c1-2-11-40-38(9-1)39-10-3-4-12-41(39)43-14-7-8-16-45(43)47-31-37(21-22-46(47)44-15-6-5-13-42(40)44)49-32-48(35-25-29-52-30-26-35)53-50(54-49)36-19-17-33(18-20-36)34-23-27-51-28-24-34/h1-32H. The summed E-state index contributed by atoms with van der Waals surface area (Å²) in [5.41, 5.74) is 6.86. The number of fused-ring (bicyclic) bond motifs is 10. The molecule has 252 valence electrons. The van der Waals surface area contributed by atoms with Gasteiger partial charge in [-0.2, -0.15) is 0 Å². The van der Waals surface area contributed by atoms with Gasteiger partial charge >= 0.3 is 0 Å². The normalized spacial score (nSPS) is 11.3. The first kappa shape index (κ1) is 31.4. The summed E-state index contributed by atoms with van der Waals surface area (Å²) in [7, 11) is 0. The molecule has 54 heavy (non-hydrogen) atoms. The van der Waals surface area contributed by atoms with E-state index in [0.717, 1.165) is 44.6 Å². The van der Waals surface area contributed by atoms with Crippen LogP contribution in [0.15, 0.2) is 195 Å². The summed E-state index contributed by atoms with van der Waals surface area (Å²) in [6.07, 6.45) is 7.25. The molecular weight excluding hydrogens is 657 g/mol. The van der Waals surface area contributed by atoms with Crippen molar-refractivity contribution in [3.63, 3.8) is 0 Å². The van der Waals surface area contributed by atoms with Crippen LogP contribution < -0.4 is 0 Å². The number of pyridine rings is 2. The highest BCUT2D eigenvalue weighted by molar-refractivity contribution is 6.26. The molecule has 0 aliphatic rings. The molecule has 0 aliphatic carbocycles. The van der Waals surface area contributed by atoms with Crippen molar-refractivity contribution in [3.8, 4) is 45.0 Å². The molecular formula is C50H32N4. The Labute approximate surface area is 312 Å². The fourth-order valence-electron chi connectivity index (χ4n) is 7.72. The molecule has 10 aromatic rings. The number of hydrogen-bond acceptors (Lipinski definition) is 4. The van der Waals surface area contributed by atoms with Gasteiger partial charge in [0.25, 0.3) is 0 Å². The first-order valence-electron chi connectivity index (χ1n) is 18.1. The van der Waals surface area contributed by atoms with Crippen LogP contribution in [0.3, 0.4) is 0 Å². The molecule has 10 rings (SSSR count). The van der Waals surface area contributed by atoms with Crippen molar-refractivity contribution in [3.05, 3.63) is 195 Å². The van der Waals surface area contributed by atoms with Gasteiger partial charge in [-0.3, -0.25) is 9.97 Å². The summed E-state index contributed by atoms with van der Waals surface area (Å²) in [5, 5.41) is 11.9. The molecule has 0 aliphatic heterocycles. The van der Waals surface area contributed by atoms with Gasteiger partial charge < -0.3 is 0 Å². The van der Waals surface area contributed by atoms with E-state index in [0.29, 0.717) is 5.82 Å². The van der Waals surface area contributed by atoms with Crippen LogP contribution in [0, 0.1) is 0 Å². The Kier molecular flexibility index (Phi) is 7.77. The third kappa shape index (κ3) is 5.58. The van der Waals surface area contributed by atoms with Crippen molar-refractivity contribution >= 4 is 53.9 Å². The lowest BCUT2D eigenvalue weighted by Gasteiger charge is -2.12. The monoisotopic (exact) mass is 688 g/mol. The van der Waals surface area contributed by atoms with Crippen LogP contribution in [0.1, 0.15) is 0 Å². The van der Waals surface area contributed by atoms with Crippen molar-refractivity contribution in [2.45, 2.75) is 0 Å². The zero-order valence-corrected chi connectivity index (χ0v) is 29.3. The zero-order chi connectivity index (χ0) is 35.8. The van der Waals surface area contributed by atoms with Crippen molar-refractivity contribution in [2.75, 3.05) is 0 Å². The topological polar surface area (TPSA) is 51.6 Å². The van der Waals surface area contributed by atoms with Crippen molar-refractivity contribution in [2.24, 2.45) is 0 Å². The largest absolute Gasteiger partial charge is 0.265 e. The number of benzene rings is 6. The van der Waals surface area contributed by atoms with Gasteiger partial charge in [0.15, 0.2) is 5.82 Å². The van der Waals surface area contributed by atoms with Crippen molar-refractivity contribution in [1.82, 2.24) is 19.9 Å². The van der Waals surface area contributed by atoms with Crippen molar-refractivity contribution in [1.29, 1.82) is 0 Å². The van der Waals surface area contributed by atoms with E-state index in [4.69, 9.17) is 9.97 Å². The van der Waals surface area contributed by atoms with Crippen LogP contribution in [0.5, 0.6) is 0 Å². The molecule has 0 saturated carbocycles. The second-order valence-electron chi connectivity index (χ2n) is 13.5. The van der Waals surface area contributed by atoms with Gasteiger partial charge in [-0.15, -0.1) is 0 Å². The average molecular weight is 689 g/mol. The second-order valence-corrected chi connectivity index (χ2v) is 13.5. The Morgan fingerprint density at radius 2 is 0.574 bits per heavy atom. The Bertz CT molecular complexity index is 3010. The summed E-state index contributed by atoms with van der Waals surface area (Å²) < 4.78 is 0. The highest BCUT2D eigenvalue weighted by atomic mass is 14.9. The lowest BCUT2D eigenvalue weighted by Crippen LogP contribution is -1.96. The predicted octanol–water partition coefficient (Wildman–Crippen LogP) is 12.8. The Morgan fingerprint density at radius 1 is 0.241 bits per heavy atom. The fourth-order valence-corrected chi connectivity index (χ4v) is 7.72. The molecule has 0 radical (unpaired) electrons. The molecule has 4 heteroatoms. The Hall–Kier alpha value is -7.30. The van der Waals surface area contributed by atoms with Gasteiger partial charge in [0.1, 0.15) is 0 Å². The highest BCUT2D eigenvalue weighted by Gasteiger charge is 2.14. The summed E-state index contributed by atoms with van der Waals surface area (Å²) in [5.74, 6) is 0.664. The fraction of sp³-hybridized carbons (Fsp3) is 0. The van der Waals surface area contributed by atoms with E-state index >= 15 is 0 Å². The average Bonchev–Trinajstić information content (AvgIpc) is 3.26. The van der Waals surface area contributed by atoms with Crippen LogP contribution in [-0.4, -0.2) is 19.9 Å². The number of nitrogens with zero attached hydrogens (tertiary/aromatic N) is 4. The molecule has 3 aromatic heterocycles. The minimum atomic E-state index is 0.664. The van der Waals surface area contributed by atoms with Gasteiger partial charge in [-0.1, -0.05) is 133 Å². The molecule has 0 saturated heterocycles. The third-order valence-electron chi connectivity index (χ3n) is 10.3. The molecule has 0 N–H and O–H groups in total. The van der Waals surface area contributed by atoms with E-state index in [2.05, 4.69) is 156 Å². The maximum Gasteiger partial charge on any atom is 0.160 e. The van der Waals surface area contributed by atoms with Gasteiger partial charge in [0.05, 0.1) is 11.4 Å². The molecule has 0 unspecified atom stereocenters. The van der Waals surface area contributed by atoms with Crippen molar-refractivity contribution < 1.29 is 0 Å². The van der Waals surface area contributed by atoms with E-state index in [1.165, 1.54) is 48.5 Å². The van der Waals surface area contributed by atoms with Crippen LogP contribution in [0.25, 0.3) is 98.9 Å². The van der Waals surface area contributed by atoms with E-state index in [-0.39, 0.29) is 0 Å². The first-order valence-corrected chi connectivity index (χ1v) is 18.1. The van der Waals surface area contributed by atoms with Gasteiger partial charge in [0, 0.05) is 41.5 Å². The van der Waals surface area contributed by atoms with E-state index in [9.17, 15) is 0 Å². The molecule has 0 atom stereocenters. The number of aromatic nitrogens is 4. The summed E-state index contributed by atoms with van der Waals surface area (Å²) in [6, 6.07) is 60.5. The lowest BCUT2D eigenvalue weighted by molar-refractivity contribution is 1.18. The zero-order valence-electron chi connectivity index (χ0n) is 29.3. The molecule has 7 aromatic carbocycles. The van der Waals surface area contributed by atoms with Gasteiger partial charge in [-0.05, 0) is 101 Å². The predicted molar refractivity (Wildman–Crippen MR) is 225 cm³/mol. The highest BCUT2D eigenvalue weighted by Crippen LogP contribution is 2.38. The molecule has 0 spiro atoms. The SMILES string of the molecule is c1ccc2c(c1)c1ccccc1c1ccccc1c1cc(-c3cc(-c4ccncc4)nc(-c4ccc(-c5ccncc5)cc4)n3)ccc1c1ccccc21. The molecule has 4 nitrogen and oxygen atoms in total. The van der Waals surface area contributed by atoms with Gasteiger partial charge in [0.2, 0.25) is 0 Å². The second kappa shape index (κ2) is 13.4. The molecule has 0 amide bonds. The van der Waals surface area contributed by atoms with Crippen LogP contribution >= 0.6 is 0 Å². The first-order chi connectivity index (χ1) is 26.8. The summed E-state index contributed by atoms with van der Waals surface area (Å²) in [6.45, 7) is 0. The summed E-state index contributed by atoms with van der Waals surface area (Å²) in [4.78, 5) is 18.8. The Balaban J connectivity index is 1.28. The summed E-state index contributed by atoms with van der Waals surface area (Å²) >= 11 is 0. The van der Waals surface area contributed by atoms with E-state index in [1.807, 2.05) is 49.1 Å². The number of hydrogen-bond donors (Lipinski definition) is 0. The Morgan fingerprint density at radius 3 is 1.04 bits per heavy atom. The molecule has 0 bridgehead atoms. The maximum absolute atomic E-state index is 5.26. The van der Waals surface area contributed by atoms with Crippen LogP contribution in [-0.2, 0) is 0 Å². The quantitative estimate of drug-likeness (QED) is 0.185.